The fourth-order valence-corrected chi connectivity index (χ4v) is 3.58. The van der Waals surface area contributed by atoms with Gasteiger partial charge < -0.3 is 10.3 Å². The lowest BCUT2D eigenvalue weighted by Crippen LogP contribution is -2.26. The van der Waals surface area contributed by atoms with Crippen LogP contribution in [0.2, 0.25) is 0 Å². The summed E-state index contributed by atoms with van der Waals surface area (Å²) in [4.78, 5) is 19.7. The first-order valence-electron chi connectivity index (χ1n) is 8.63. The molecule has 136 valence electrons. The summed E-state index contributed by atoms with van der Waals surface area (Å²) < 4.78 is 13.5. The number of aryl methyl sites for hydroxylation is 1. The Labute approximate surface area is 157 Å². The van der Waals surface area contributed by atoms with Gasteiger partial charge in [0, 0.05) is 5.56 Å². The van der Waals surface area contributed by atoms with E-state index in [1.165, 1.54) is 17.7 Å². The van der Waals surface area contributed by atoms with E-state index in [-0.39, 0.29) is 23.4 Å². The Hall–Kier alpha value is -2.24. The van der Waals surface area contributed by atoms with Crippen molar-refractivity contribution in [3.8, 4) is 11.4 Å². The second kappa shape index (κ2) is 7.56. The molecule has 0 spiro atoms. The molecule has 2 heterocycles. The number of aromatic nitrogens is 2. The van der Waals surface area contributed by atoms with Crippen LogP contribution in [0, 0.1) is 12.7 Å². The largest absolute Gasteiger partial charge is 0.317 e. The average Bonchev–Trinajstić information content (AvgIpc) is 2.63. The summed E-state index contributed by atoms with van der Waals surface area (Å²) in [5.41, 5.74) is 3.08. The monoisotopic (exact) mass is 373 g/mol. The van der Waals surface area contributed by atoms with Crippen LogP contribution in [-0.2, 0) is 0 Å². The van der Waals surface area contributed by atoms with Crippen LogP contribution in [0.15, 0.2) is 41.2 Å². The van der Waals surface area contributed by atoms with Crippen molar-refractivity contribution in [2.45, 2.75) is 25.7 Å². The lowest BCUT2D eigenvalue weighted by molar-refractivity contribution is 0.460. The molecule has 4 rings (SSSR count). The number of H-pyrrole nitrogens is 1. The zero-order valence-electron chi connectivity index (χ0n) is 14.5. The molecule has 0 atom stereocenters. The number of rotatable bonds is 2. The summed E-state index contributed by atoms with van der Waals surface area (Å²) in [5, 5.41) is 3.66. The van der Waals surface area contributed by atoms with Gasteiger partial charge in [0.25, 0.3) is 5.56 Å². The smallest absolute Gasteiger partial charge is 0.259 e. The van der Waals surface area contributed by atoms with E-state index in [4.69, 9.17) is 0 Å². The maximum atomic E-state index is 13.5. The Morgan fingerprint density at radius 3 is 2.50 bits per heavy atom. The molecule has 0 saturated carbocycles. The molecular weight excluding hydrogens is 353 g/mol. The molecule has 1 fully saturated rings. The van der Waals surface area contributed by atoms with Crippen molar-refractivity contribution in [1.82, 2.24) is 15.3 Å². The fourth-order valence-electron chi connectivity index (χ4n) is 3.58. The Morgan fingerprint density at radius 1 is 1.12 bits per heavy atom. The van der Waals surface area contributed by atoms with Crippen LogP contribution in [-0.4, -0.2) is 23.1 Å². The van der Waals surface area contributed by atoms with Gasteiger partial charge in [0.2, 0.25) is 0 Å². The van der Waals surface area contributed by atoms with Crippen LogP contribution in [0.25, 0.3) is 22.3 Å². The average molecular weight is 374 g/mol. The van der Waals surface area contributed by atoms with Gasteiger partial charge in [-0.15, -0.1) is 12.4 Å². The molecule has 26 heavy (non-hydrogen) atoms. The van der Waals surface area contributed by atoms with Crippen molar-refractivity contribution in [3.05, 3.63) is 63.7 Å². The molecule has 2 aromatic carbocycles. The fraction of sp³-hybridized carbons (Fsp3) is 0.300. The number of piperidine rings is 1. The SMILES string of the molecule is Cc1cc(F)cc2c(=O)[nH]c(-c3ccc(C4CCNCC4)cc3)nc12.Cl. The summed E-state index contributed by atoms with van der Waals surface area (Å²) >= 11 is 0. The summed E-state index contributed by atoms with van der Waals surface area (Å²) in [6.07, 6.45) is 2.30. The molecule has 3 aromatic rings. The quantitative estimate of drug-likeness (QED) is 0.715. The van der Waals surface area contributed by atoms with Crippen LogP contribution >= 0.6 is 12.4 Å². The van der Waals surface area contributed by atoms with Crippen molar-refractivity contribution in [1.29, 1.82) is 0 Å². The van der Waals surface area contributed by atoms with E-state index in [9.17, 15) is 9.18 Å². The first kappa shape index (κ1) is 18.5. The van der Waals surface area contributed by atoms with Gasteiger partial charge in [-0.05, 0) is 62.0 Å². The number of benzene rings is 2. The van der Waals surface area contributed by atoms with Gasteiger partial charge in [0.05, 0.1) is 10.9 Å². The minimum Gasteiger partial charge on any atom is -0.317 e. The van der Waals surface area contributed by atoms with E-state index >= 15 is 0 Å². The van der Waals surface area contributed by atoms with Gasteiger partial charge in [0.1, 0.15) is 11.6 Å². The Morgan fingerprint density at radius 2 is 1.81 bits per heavy atom. The number of fused-ring (bicyclic) bond motifs is 1. The van der Waals surface area contributed by atoms with E-state index in [1.807, 2.05) is 12.1 Å². The predicted molar refractivity (Wildman–Crippen MR) is 105 cm³/mol. The molecule has 6 heteroatoms. The first-order valence-corrected chi connectivity index (χ1v) is 8.63. The molecule has 1 aliphatic rings. The summed E-state index contributed by atoms with van der Waals surface area (Å²) in [6, 6.07) is 10.9. The lowest BCUT2D eigenvalue weighted by atomic mass is 9.90. The summed E-state index contributed by atoms with van der Waals surface area (Å²) in [6.45, 7) is 3.88. The zero-order chi connectivity index (χ0) is 17.4. The molecule has 0 aliphatic carbocycles. The maximum Gasteiger partial charge on any atom is 0.259 e. The van der Waals surface area contributed by atoms with Crippen LogP contribution in [0.5, 0.6) is 0 Å². The molecule has 0 unspecified atom stereocenters. The molecule has 0 amide bonds. The highest BCUT2D eigenvalue weighted by molar-refractivity contribution is 5.85. The van der Waals surface area contributed by atoms with Gasteiger partial charge in [-0.3, -0.25) is 4.79 Å². The maximum absolute atomic E-state index is 13.5. The molecule has 1 saturated heterocycles. The number of hydrogen-bond donors (Lipinski definition) is 2. The highest BCUT2D eigenvalue weighted by Gasteiger charge is 2.15. The van der Waals surface area contributed by atoms with E-state index in [1.54, 1.807) is 6.92 Å². The van der Waals surface area contributed by atoms with Crippen molar-refractivity contribution < 1.29 is 4.39 Å². The summed E-state index contributed by atoms with van der Waals surface area (Å²) in [7, 11) is 0. The predicted octanol–water partition coefficient (Wildman–Crippen LogP) is 3.93. The van der Waals surface area contributed by atoms with Gasteiger partial charge in [-0.1, -0.05) is 24.3 Å². The number of nitrogens with one attached hydrogen (secondary N) is 2. The lowest BCUT2D eigenvalue weighted by Gasteiger charge is -2.23. The molecular formula is C20H21ClFN3O. The van der Waals surface area contributed by atoms with Gasteiger partial charge in [-0.2, -0.15) is 0 Å². The van der Waals surface area contributed by atoms with Crippen molar-refractivity contribution in [2.24, 2.45) is 0 Å². The number of hydrogen-bond acceptors (Lipinski definition) is 3. The molecule has 1 aliphatic heterocycles. The molecule has 0 radical (unpaired) electrons. The second-order valence-electron chi connectivity index (χ2n) is 6.68. The minimum absolute atomic E-state index is 0. The standard InChI is InChI=1S/C20H20FN3O.ClH/c1-12-10-16(21)11-17-18(12)23-19(24-20(17)25)15-4-2-13(3-5-15)14-6-8-22-9-7-14;/h2-5,10-11,14,22H,6-9H2,1H3,(H,23,24,25);1H. The van der Waals surface area contributed by atoms with Crippen molar-refractivity contribution in [2.75, 3.05) is 13.1 Å². The Kier molecular flexibility index (Phi) is 5.39. The topological polar surface area (TPSA) is 57.8 Å². The van der Waals surface area contributed by atoms with Crippen molar-refractivity contribution in [3.63, 3.8) is 0 Å². The van der Waals surface area contributed by atoms with Gasteiger partial charge in [0.15, 0.2) is 0 Å². The third-order valence-electron chi connectivity index (χ3n) is 4.96. The zero-order valence-corrected chi connectivity index (χ0v) is 15.3. The van der Waals surface area contributed by atoms with E-state index < -0.39 is 5.82 Å². The van der Waals surface area contributed by atoms with Crippen LogP contribution in [0.4, 0.5) is 4.39 Å². The molecule has 4 nitrogen and oxygen atoms in total. The van der Waals surface area contributed by atoms with Gasteiger partial charge in [-0.25, -0.2) is 9.37 Å². The van der Waals surface area contributed by atoms with Crippen LogP contribution in [0.1, 0.15) is 29.9 Å². The molecule has 2 N–H and O–H groups in total. The highest BCUT2D eigenvalue weighted by Crippen LogP contribution is 2.27. The van der Waals surface area contributed by atoms with Crippen LogP contribution < -0.4 is 10.9 Å². The highest BCUT2D eigenvalue weighted by atomic mass is 35.5. The number of halogens is 2. The molecule has 1 aromatic heterocycles. The third kappa shape index (κ3) is 3.50. The normalized spacial score (nSPS) is 15.0. The molecule has 0 bridgehead atoms. The van der Waals surface area contributed by atoms with Crippen LogP contribution in [0.3, 0.4) is 0 Å². The first-order chi connectivity index (χ1) is 12.1. The Balaban J connectivity index is 0.00000196. The van der Waals surface area contributed by atoms with E-state index in [0.29, 0.717) is 22.8 Å². The number of aromatic amines is 1. The number of nitrogens with zero attached hydrogens (tertiary/aromatic N) is 1. The third-order valence-corrected chi connectivity index (χ3v) is 4.96. The van der Waals surface area contributed by atoms with Crippen molar-refractivity contribution >= 4 is 23.3 Å². The second-order valence-corrected chi connectivity index (χ2v) is 6.68. The minimum atomic E-state index is -0.420. The van der Waals surface area contributed by atoms with Gasteiger partial charge >= 0.3 is 0 Å². The van der Waals surface area contributed by atoms with E-state index in [0.717, 1.165) is 31.5 Å². The Bertz CT molecular complexity index is 979. The summed E-state index contributed by atoms with van der Waals surface area (Å²) in [5.74, 6) is 0.685. The van der Waals surface area contributed by atoms with E-state index in [2.05, 4.69) is 27.4 Å².